The number of pyridine rings is 1. The largest absolute Gasteiger partial charge is 0.309 e. The summed E-state index contributed by atoms with van der Waals surface area (Å²) in [6, 6.07) is 13.3. The average molecular weight is 267 g/mol. The molecule has 20 heavy (non-hydrogen) atoms. The number of nitrogens with zero attached hydrogens (tertiary/aromatic N) is 2. The Morgan fingerprint density at radius 2 is 2.15 bits per heavy atom. The van der Waals surface area contributed by atoms with Gasteiger partial charge in [0, 0.05) is 31.5 Å². The Kier molecular flexibility index (Phi) is 4.09. The van der Waals surface area contributed by atoms with Crippen LogP contribution in [-0.4, -0.2) is 30.0 Å². The Labute approximate surface area is 120 Å². The lowest BCUT2D eigenvalue weighted by Crippen LogP contribution is -2.37. The van der Waals surface area contributed by atoms with E-state index in [1.807, 2.05) is 18.5 Å². The van der Waals surface area contributed by atoms with Crippen molar-refractivity contribution in [2.45, 2.75) is 19.0 Å². The molecule has 1 aliphatic heterocycles. The first-order valence-electron chi connectivity index (χ1n) is 7.21. The second kappa shape index (κ2) is 6.16. The molecule has 0 amide bonds. The number of benzene rings is 1. The second-order valence-electron chi connectivity index (χ2n) is 5.51. The summed E-state index contributed by atoms with van der Waals surface area (Å²) in [6.07, 6.45) is 4.90. The summed E-state index contributed by atoms with van der Waals surface area (Å²) in [7, 11) is 2.17. The van der Waals surface area contributed by atoms with E-state index >= 15 is 0 Å². The van der Waals surface area contributed by atoms with Crippen molar-refractivity contribution in [2.75, 3.05) is 20.1 Å². The molecule has 1 N–H and O–H groups in total. The van der Waals surface area contributed by atoms with Gasteiger partial charge in [0.25, 0.3) is 0 Å². The molecule has 3 nitrogen and oxygen atoms in total. The van der Waals surface area contributed by atoms with Crippen LogP contribution in [0.5, 0.6) is 0 Å². The summed E-state index contributed by atoms with van der Waals surface area (Å²) in [5, 5.41) is 3.63. The first-order chi connectivity index (χ1) is 9.83. The molecule has 1 aromatic carbocycles. The predicted octanol–water partition coefficient (Wildman–Crippen LogP) is 2.40. The number of hydrogen-bond acceptors (Lipinski definition) is 3. The van der Waals surface area contributed by atoms with Crippen LogP contribution in [0.25, 0.3) is 0 Å². The maximum absolute atomic E-state index is 4.18. The molecule has 2 aromatic rings. The SMILES string of the molecule is CN(Cc1cccnc1)CC1NCCc2ccccc21. The highest BCUT2D eigenvalue weighted by Gasteiger charge is 2.20. The summed E-state index contributed by atoms with van der Waals surface area (Å²) in [5.74, 6) is 0. The highest BCUT2D eigenvalue weighted by Crippen LogP contribution is 2.23. The van der Waals surface area contributed by atoms with Crippen molar-refractivity contribution in [2.24, 2.45) is 0 Å². The van der Waals surface area contributed by atoms with Crippen LogP contribution in [0.4, 0.5) is 0 Å². The summed E-state index contributed by atoms with van der Waals surface area (Å²) >= 11 is 0. The van der Waals surface area contributed by atoms with Crippen LogP contribution in [0.1, 0.15) is 22.7 Å². The molecule has 0 saturated carbocycles. The van der Waals surface area contributed by atoms with Gasteiger partial charge in [-0.1, -0.05) is 30.3 Å². The minimum Gasteiger partial charge on any atom is -0.309 e. The summed E-state index contributed by atoms with van der Waals surface area (Å²) < 4.78 is 0. The van der Waals surface area contributed by atoms with E-state index in [2.05, 4.69) is 52.6 Å². The van der Waals surface area contributed by atoms with Gasteiger partial charge in [0.1, 0.15) is 0 Å². The van der Waals surface area contributed by atoms with Crippen molar-refractivity contribution in [1.29, 1.82) is 0 Å². The Hall–Kier alpha value is -1.71. The summed E-state index contributed by atoms with van der Waals surface area (Å²) in [6.45, 7) is 3.03. The third-order valence-electron chi connectivity index (χ3n) is 3.89. The normalized spacial score (nSPS) is 18.0. The smallest absolute Gasteiger partial charge is 0.0452 e. The number of likely N-dealkylation sites (N-methyl/N-ethyl adjacent to an activating group) is 1. The number of aromatic nitrogens is 1. The van der Waals surface area contributed by atoms with Gasteiger partial charge >= 0.3 is 0 Å². The molecule has 0 bridgehead atoms. The third-order valence-corrected chi connectivity index (χ3v) is 3.89. The predicted molar refractivity (Wildman–Crippen MR) is 81.5 cm³/mol. The lowest BCUT2D eigenvalue weighted by Gasteiger charge is -2.30. The molecule has 0 aliphatic carbocycles. The van der Waals surface area contributed by atoms with Gasteiger partial charge in [-0.3, -0.25) is 4.98 Å². The topological polar surface area (TPSA) is 28.2 Å². The van der Waals surface area contributed by atoms with Gasteiger partial charge in [0.2, 0.25) is 0 Å². The Bertz CT molecular complexity index is 553. The highest BCUT2D eigenvalue weighted by atomic mass is 15.1. The van der Waals surface area contributed by atoms with E-state index in [0.29, 0.717) is 6.04 Å². The molecular formula is C17H21N3. The van der Waals surface area contributed by atoms with Crippen molar-refractivity contribution in [3.63, 3.8) is 0 Å². The standard InChI is InChI=1S/C17H21N3/c1-20(12-14-5-4-9-18-11-14)13-17-16-7-3-2-6-15(16)8-10-19-17/h2-7,9,11,17,19H,8,10,12-13H2,1H3. The molecule has 104 valence electrons. The molecule has 0 fully saturated rings. The maximum atomic E-state index is 4.18. The summed E-state index contributed by atoms with van der Waals surface area (Å²) in [5.41, 5.74) is 4.21. The molecule has 1 atom stereocenters. The monoisotopic (exact) mass is 267 g/mol. The second-order valence-corrected chi connectivity index (χ2v) is 5.51. The van der Waals surface area contributed by atoms with Gasteiger partial charge in [-0.2, -0.15) is 0 Å². The van der Waals surface area contributed by atoms with Crippen molar-refractivity contribution in [1.82, 2.24) is 15.2 Å². The van der Waals surface area contributed by atoms with Crippen LogP contribution in [0.2, 0.25) is 0 Å². The van der Waals surface area contributed by atoms with Gasteiger partial charge < -0.3 is 10.2 Å². The van der Waals surface area contributed by atoms with Gasteiger partial charge in [0.05, 0.1) is 0 Å². The maximum Gasteiger partial charge on any atom is 0.0452 e. The number of nitrogens with one attached hydrogen (secondary N) is 1. The van der Waals surface area contributed by atoms with Gasteiger partial charge in [-0.05, 0) is 42.8 Å². The van der Waals surface area contributed by atoms with Crippen LogP contribution in [0, 0.1) is 0 Å². The fourth-order valence-corrected chi connectivity index (χ4v) is 2.94. The van der Waals surface area contributed by atoms with Gasteiger partial charge in [-0.15, -0.1) is 0 Å². The quantitative estimate of drug-likeness (QED) is 0.922. The molecule has 0 radical (unpaired) electrons. The van der Waals surface area contributed by atoms with Crippen molar-refractivity contribution in [3.8, 4) is 0 Å². The van der Waals surface area contributed by atoms with Crippen LogP contribution in [0.3, 0.4) is 0 Å². The van der Waals surface area contributed by atoms with E-state index in [4.69, 9.17) is 0 Å². The van der Waals surface area contributed by atoms with Crippen molar-refractivity contribution < 1.29 is 0 Å². The lowest BCUT2D eigenvalue weighted by atomic mass is 9.94. The first kappa shape index (κ1) is 13.3. The zero-order chi connectivity index (χ0) is 13.8. The molecule has 2 heterocycles. The minimum atomic E-state index is 0.432. The fraction of sp³-hybridized carbons (Fsp3) is 0.353. The number of hydrogen-bond donors (Lipinski definition) is 1. The molecule has 3 rings (SSSR count). The molecule has 0 spiro atoms. The minimum absolute atomic E-state index is 0.432. The zero-order valence-electron chi connectivity index (χ0n) is 11.9. The van der Waals surface area contributed by atoms with Gasteiger partial charge in [-0.25, -0.2) is 0 Å². The Morgan fingerprint density at radius 3 is 3.00 bits per heavy atom. The average Bonchev–Trinajstić information content (AvgIpc) is 2.48. The molecule has 1 aliphatic rings. The molecule has 3 heteroatoms. The molecule has 0 saturated heterocycles. The van der Waals surface area contributed by atoms with E-state index in [-0.39, 0.29) is 0 Å². The first-order valence-corrected chi connectivity index (χ1v) is 7.21. The fourth-order valence-electron chi connectivity index (χ4n) is 2.94. The Morgan fingerprint density at radius 1 is 1.25 bits per heavy atom. The van der Waals surface area contributed by atoms with E-state index < -0.39 is 0 Å². The number of fused-ring (bicyclic) bond motifs is 1. The third kappa shape index (κ3) is 3.06. The van der Waals surface area contributed by atoms with E-state index in [0.717, 1.165) is 26.1 Å². The van der Waals surface area contributed by atoms with E-state index in [9.17, 15) is 0 Å². The molecular weight excluding hydrogens is 246 g/mol. The van der Waals surface area contributed by atoms with Crippen LogP contribution in [0.15, 0.2) is 48.8 Å². The lowest BCUT2D eigenvalue weighted by molar-refractivity contribution is 0.278. The zero-order valence-corrected chi connectivity index (χ0v) is 11.9. The van der Waals surface area contributed by atoms with Crippen LogP contribution < -0.4 is 5.32 Å². The summed E-state index contributed by atoms with van der Waals surface area (Å²) in [4.78, 5) is 6.54. The van der Waals surface area contributed by atoms with Gasteiger partial charge in [0.15, 0.2) is 0 Å². The van der Waals surface area contributed by atoms with Crippen molar-refractivity contribution in [3.05, 3.63) is 65.5 Å². The number of rotatable bonds is 4. The highest BCUT2D eigenvalue weighted by molar-refractivity contribution is 5.32. The van der Waals surface area contributed by atoms with E-state index in [1.165, 1.54) is 16.7 Å². The Balaban J connectivity index is 1.66. The van der Waals surface area contributed by atoms with Crippen LogP contribution >= 0.6 is 0 Å². The molecule has 1 unspecified atom stereocenters. The van der Waals surface area contributed by atoms with Crippen LogP contribution in [-0.2, 0) is 13.0 Å². The van der Waals surface area contributed by atoms with E-state index in [1.54, 1.807) is 0 Å². The van der Waals surface area contributed by atoms with Crippen molar-refractivity contribution >= 4 is 0 Å². The molecule has 1 aromatic heterocycles.